The first-order valence-corrected chi connectivity index (χ1v) is 7.88. The monoisotopic (exact) mass is 288 g/mol. The van der Waals surface area contributed by atoms with Gasteiger partial charge < -0.3 is 0 Å². The molecule has 0 spiro atoms. The van der Waals surface area contributed by atoms with E-state index >= 15 is 0 Å². The zero-order valence-electron chi connectivity index (χ0n) is 14.2. The average Bonchev–Trinajstić information content (AvgIpc) is 2.45. The number of aryl methyl sites for hydroxylation is 2. The lowest BCUT2D eigenvalue weighted by Crippen LogP contribution is -2.58. The minimum atomic E-state index is -0.0518. The van der Waals surface area contributed by atoms with Gasteiger partial charge >= 0.3 is 0 Å². The van der Waals surface area contributed by atoms with E-state index in [4.69, 9.17) is 0 Å². The number of ketones is 1. The van der Waals surface area contributed by atoms with Gasteiger partial charge in [-0.2, -0.15) is 0 Å². The van der Waals surface area contributed by atoms with Crippen molar-refractivity contribution in [3.8, 4) is 0 Å². The Hall–Kier alpha value is -1.19. The van der Waals surface area contributed by atoms with Gasteiger partial charge in [0.15, 0.2) is 5.78 Å². The predicted octanol–water partition coefficient (Wildman–Crippen LogP) is 2.90. The van der Waals surface area contributed by atoms with Crippen molar-refractivity contribution in [2.45, 2.75) is 52.7 Å². The molecule has 0 aromatic heterocycles. The Bertz CT molecular complexity index is 514. The normalized spacial score (nSPS) is 25.8. The number of rotatable bonds is 3. The van der Waals surface area contributed by atoms with Gasteiger partial charge in [-0.25, -0.2) is 0 Å². The standard InChI is InChI=1S/C18H28N2O/c1-12-7-8-13(2)17(9-12)18(21)16(5)20-10-14(3)19(6)15(4)11-20/h7-9,14-16H,10-11H2,1-6H3. The summed E-state index contributed by atoms with van der Waals surface area (Å²) in [6.45, 7) is 12.5. The molecule has 3 nitrogen and oxygen atoms in total. The van der Waals surface area contributed by atoms with Crippen LogP contribution in [-0.4, -0.2) is 53.8 Å². The molecule has 1 aliphatic heterocycles. The van der Waals surface area contributed by atoms with E-state index in [0.717, 1.165) is 29.8 Å². The van der Waals surface area contributed by atoms with Gasteiger partial charge in [0.1, 0.15) is 0 Å². The van der Waals surface area contributed by atoms with Crippen molar-refractivity contribution in [2.75, 3.05) is 20.1 Å². The highest BCUT2D eigenvalue weighted by Gasteiger charge is 2.32. The highest BCUT2D eigenvalue weighted by atomic mass is 16.1. The SMILES string of the molecule is Cc1ccc(C)c(C(=O)C(C)N2CC(C)N(C)C(C)C2)c1. The fourth-order valence-electron chi connectivity index (χ4n) is 3.15. The molecule has 0 amide bonds. The molecule has 0 radical (unpaired) electrons. The van der Waals surface area contributed by atoms with Gasteiger partial charge in [-0.05, 0) is 53.3 Å². The number of piperazine rings is 1. The summed E-state index contributed by atoms with van der Waals surface area (Å²) in [4.78, 5) is 17.6. The number of likely N-dealkylation sites (N-methyl/N-ethyl adjacent to an activating group) is 1. The molecule has 1 aliphatic rings. The molecule has 3 heteroatoms. The van der Waals surface area contributed by atoms with Crippen LogP contribution in [0.4, 0.5) is 0 Å². The van der Waals surface area contributed by atoms with Crippen molar-refractivity contribution in [3.05, 3.63) is 34.9 Å². The maximum atomic E-state index is 12.9. The Morgan fingerprint density at radius 3 is 2.33 bits per heavy atom. The summed E-state index contributed by atoms with van der Waals surface area (Å²) in [5, 5.41) is 0. The molecular weight excluding hydrogens is 260 g/mol. The summed E-state index contributed by atoms with van der Waals surface area (Å²) in [7, 11) is 2.17. The molecule has 0 aliphatic carbocycles. The molecule has 0 N–H and O–H groups in total. The molecular formula is C18H28N2O. The quantitative estimate of drug-likeness (QED) is 0.799. The van der Waals surface area contributed by atoms with Crippen molar-refractivity contribution in [3.63, 3.8) is 0 Å². The third-order valence-corrected chi connectivity index (χ3v) is 4.97. The van der Waals surface area contributed by atoms with E-state index in [2.05, 4.69) is 43.7 Å². The van der Waals surface area contributed by atoms with Gasteiger partial charge in [-0.15, -0.1) is 0 Å². The Kier molecular flexibility index (Phi) is 4.84. The number of benzene rings is 1. The third kappa shape index (κ3) is 3.35. The van der Waals surface area contributed by atoms with Gasteiger partial charge in [0, 0.05) is 30.7 Å². The number of hydrogen-bond acceptors (Lipinski definition) is 3. The Labute approximate surface area is 128 Å². The van der Waals surface area contributed by atoms with E-state index in [1.165, 1.54) is 0 Å². The Morgan fingerprint density at radius 2 is 1.76 bits per heavy atom. The van der Waals surface area contributed by atoms with Crippen LogP contribution in [0.5, 0.6) is 0 Å². The smallest absolute Gasteiger partial charge is 0.179 e. The molecule has 0 bridgehead atoms. The van der Waals surface area contributed by atoms with Crippen LogP contribution in [0.2, 0.25) is 0 Å². The van der Waals surface area contributed by atoms with Gasteiger partial charge in [0.05, 0.1) is 6.04 Å². The van der Waals surface area contributed by atoms with E-state index in [1.54, 1.807) is 0 Å². The second-order valence-electron chi connectivity index (χ2n) is 6.68. The van der Waals surface area contributed by atoms with E-state index < -0.39 is 0 Å². The Balaban J connectivity index is 2.18. The van der Waals surface area contributed by atoms with Gasteiger partial charge in [-0.3, -0.25) is 14.6 Å². The fraction of sp³-hybridized carbons (Fsp3) is 0.611. The highest BCUT2D eigenvalue weighted by molar-refractivity contribution is 6.01. The summed E-state index contributed by atoms with van der Waals surface area (Å²) >= 11 is 0. The second-order valence-corrected chi connectivity index (χ2v) is 6.68. The average molecular weight is 288 g/mol. The first-order chi connectivity index (χ1) is 9.81. The van der Waals surface area contributed by atoms with Crippen LogP contribution in [0.25, 0.3) is 0 Å². The van der Waals surface area contributed by atoms with Crippen LogP contribution in [0.15, 0.2) is 18.2 Å². The van der Waals surface area contributed by atoms with Crippen LogP contribution in [-0.2, 0) is 0 Å². The lowest BCUT2D eigenvalue weighted by Gasteiger charge is -2.44. The molecule has 3 unspecified atom stereocenters. The van der Waals surface area contributed by atoms with Crippen LogP contribution < -0.4 is 0 Å². The fourth-order valence-corrected chi connectivity index (χ4v) is 3.15. The van der Waals surface area contributed by atoms with Crippen LogP contribution in [0, 0.1) is 13.8 Å². The molecule has 1 aromatic rings. The largest absolute Gasteiger partial charge is 0.298 e. The van der Waals surface area contributed by atoms with E-state index in [1.807, 2.05) is 26.0 Å². The van der Waals surface area contributed by atoms with Crippen LogP contribution in [0.3, 0.4) is 0 Å². The van der Waals surface area contributed by atoms with Gasteiger partial charge in [-0.1, -0.05) is 17.7 Å². The summed E-state index contributed by atoms with van der Waals surface area (Å²) in [5.74, 6) is 0.250. The zero-order valence-corrected chi connectivity index (χ0v) is 14.2. The second kappa shape index (κ2) is 6.29. The summed E-state index contributed by atoms with van der Waals surface area (Å²) in [5.41, 5.74) is 3.10. The number of hydrogen-bond donors (Lipinski definition) is 0. The van der Waals surface area contributed by atoms with Crippen molar-refractivity contribution in [1.82, 2.24) is 9.80 Å². The molecule has 116 valence electrons. The van der Waals surface area contributed by atoms with Crippen LogP contribution >= 0.6 is 0 Å². The van der Waals surface area contributed by atoms with E-state index in [9.17, 15) is 4.79 Å². The lowest BCUT2D eigenvalue weighted by atomic mass is 9.96. The maximum absolute atomic E-state index is 12.9. The van der Waals surface area contributed by atoms with Gasteiger partial charge in [0.25, 0.3) is 0 Å². The molecule has 0 saturated carbocycles. The molecule has 21 heavy (non-hydrogen) atoms. The van der Waals surface area contributed by atoms with Gasteiger partial charge in [0.2, 0.25) is 0 Å². The topological polar surface area (TPSA) is 23.6 Å². The summed E-state index contributed by atoms with van der Waals surface area (Å²) in [6, 6.07) is 7.06. The molecule has 1 saturated heterocycles. The minimum Gasteiger partial charge on any atom is -0.298 e. The highest BCUT2D eigenvalue weighted by Crippen LogP contribution is 2.20. The maximum Gasteiger partial charge on any atom is 0.179 e. The lowest BCUT2D eigenvalue weighted by molar-refractivity contribution is 0.0355. The van der Waals surface area contributed by atoms with Crippen molar-refractivity contribution in [1.29, 1.82) is 0 Å². The summed E-state index contributed by atoms with van der Waals surface area (Å²) in [6.07, 6.45) is 0. The number of nitrogens with zero attached hydrogens (tertiary/aromatic N) is 2. The number of carbonyl (C=O) groups excluding carboxylic acids is 1. The van der Waals surface area contributed by atoms with Crippen LogP contribution in [0.1, 0.15) is 42.3 Å². The van der Waals surface area contributed by atoms with Crippen molar-refractivity contribution in [2.24, 2.45) is 0 Å². The van der Waals surface area contributed by atoms with E-state index in [0.29, 0.717) is 12.1 Å². The first-order valence-electron chi connectivity index (χ1n) is 7.88. The number of carbonyl (C=O) groups is 1. The third-order valence-electron chi connectivity index (χ3n) is 4.97. The van der Waals surface area contributed by atoms with Crippen molar-refractivity contribution >= 4 is 5.78 Å². The summed E-state index contributed by atoms with van der Waals surface area (Å²) < 4.78 is 0. The predicted molar refractivity (Wildman–Crippen MR) is 88.0 cm³/mol. The molecule has 1 heterocycles. The first kappa shape index (κ1) is 16.2. The zero-order chi connectivity index (χ0) is 15.7. The molecule has 1 aromatic carbocycles. The molecule has 3 atom stereocenters. The number of Topliss-reactive ketones (excluding diaryl/α,β-unsaturated/α-hetero) is 1. The van der Waals surface area contributed by atoms with E-state index in [-0.39, 0.29) is 11.8 Å². The molecule has 2 rings (SSSR count). The Morgan fingerprint density at radius 1 is 1.19 bits per heavy atom. The minimum absolute atomic E-state index is 0.0518. The van der Waals surface area contributed by atoms with Crippen molar-refractivity contribution < 1.29 is 4.79 Å². The molecule has 1 fully saturated rings.